The van der Waals surface area contributed by atoms with Gasteiger partial charge in [0.05, 0.1) is 46.3 Å². The topological polar surface area (TPSA) is 264 Å². The molecular weight excluding hydrogens is 1310 g/mol. The zero-order chi connectivity index (χ0) is 69.5. The monoisotopic (exact) mass is 1420 g/mol. The van der Waals surface area contributed by atoms with Crippen molar-refractivity contribution in [2.24, 2.45) is 26.4 Å². The Morgan fingerprint density at radius 3 is 1.04 bits per heavy atom. The van der Waals surface area contributed by atoms with Crippen LogP contribution in [0.25, 0.3) is 0 Å². The molecule has 2 saturated heterocycles. The number of methoxy groups -OCH3 is 1. The molecule has 24 nitrogen and oxygen atoms in total. The minimum Gasteiger partial charge on any atom is -0.370 e. The summed E-state index contributed by atoms with van der Waals surface area (Å²) in [6.07, 6.45) is -3.03. The van der Waals surface area contributed by atoms with Gasteiger partial charge in [0.15, 0.2) is 5.96 Å². The smallest absolute Gasteiger partial charge is 0.186 e. The van der Waals surface area contributed by atoms with Crippen LogP contribution in [0.4, 0.5) is 28.8 Å². The molecule has 2 fully saturated rings. The average Bonchev–Trinajstić information content (AvgIpc) is 0.880. The van der Waals surface area contributed by atoms with Gasteiger partial charge >= 0.3 is 108 Å². The number of alkyl halides is 1. The summed E-state index contributed by atoms with van der Waals surface area (Å²) in [5, 5.41) is 0. The number of carbonyl (C=O) groups is 6. The molecule has 4 N–H and O–H groups in total. The molecule has 2 aliphatic heterocycles. The summed E-state index contributed by atoms with van der Waals surface area (Å²) in [4.78, 5) is 103. The van der Waals surface area contributed by atoms with Crippen molar-refractivity contribution < 1.29 is 73.7 Å². The SMILES string of the molecule is CC.CC.CN1CN(C(=NC(=O)OC(C)(C)C)N(Cc2ccccc2)C(=O)OC(C)(C)C)CN(C)C1=O.CN1CN(C(=NC(=O)OC(C)(C)C)N(Cc2ccccc2)C(=O)OC(C)(C)C)CN(C)C1=O.COc1ccc([I-]C)cc1.Cl.NC(N)=NCc1ccccc1. The Balaban J connectivity index is 0.00000130. The number of nitrogens with two attached hydrogens (primary N) is 2. The minimum atomic E-state index is -0.846. The van der Waals surface area contributed by atoms with Crippen LogP contribution in [0.1, 0.15) is 127 Å². The summed E-state index contributed by atoms with van der Waals surface area (Å²) in [5.74, 6) is 1.15. The van der Waals surface area contributed by atoms with Crippen molar-refractivity contribution in [2.75, 3.05) is 66.9 Å². The predicted molar refractivity (Wildman–Crippen MR) is 362 cm³/mol. The summed E-state index contributed by atoms with van der Waals surface area (Å²) >= 11 is 0.236. The third-order valence-corrected chi connectivity index (χ3v) is 13.2. The van der Waals surface area contributed by atoms with E-state index in [1.165, 1.54) is 33.0 Å². The van der Waals surface area contributed by atoms with Gasteiger partial charge in [-0.05, 0) is 99.8 Å². The molecule has 0 aromatic heterocycles. The Morgan fingerprint density at radius 2 is 0.783 bits per heavy atom. The number of carbonyl (C=O) groups excluding carboxylic acids is 6. The number of benzene rings is 4. The molecule has 0 radical (unpaired) electrons. The van der Waals surface area contributed by atoms with Crippen LogP contribution < -0.4 is 37.4 Å². The zero-order valence-corrected chi connectivity index (χ0v) is 61.2. The summed E-state index contributed by atoms with van der Waals surface area (Å²) in [6.45, 7) is 30.2. The van der Waals surface area contributed by atoms with Gasteiger partial charge in [0, 0.05) is 28.2 Å². The molecule has 0 atom stereocenters. The van der Waals surface area contributed by atoms with Crippen molar-refractivity contribution in [1.82, 2.24) is 39.2 Å². The minimum absolute atomic E-state index is 0. The zero-order valence-electron chi connectivity index (χ0n) is 58.3. The number of guanidine groups is 3. The van der Waals surface area contributed by atoms with E-state index in [1.54, 1.807) is 128 Å². The average molecular weight is 1420 g/mol. The number of nitrogens with zero attached hydrogens (tertiary/aromatic N) is 11. The van der Waals surface area contributed by atoms with Crippen LogP contribution in [0.2, 0.25) is 0 Å². The van der Waals surface area contributed by atoms with Crippen LogP contribution in [-0.2, 0) is 38.6 Å². The largest absolute Gasteiger partial charge is 0.370 e. The maximum atomic E-state index is 13.3. The van der Waals surface area contributed by atoms with Crippen molar-refractivity contribution in [2.45, 2.75) is 153 Å². The Morgan fingerprint density at radius 1 is 0.489 bits per heavy atom. The molecule has 2 heterocycles. The van der Waals surface area contributed by atoms with Crippen LogP contribution in [0.3, 0.4) is 0 Å². The van der Waals surface area contributed by atoms with Gasteiger partial charge in [-0.15, -0.1) is 22.4 Å². The second-order valence-corrected chi connectivity index (χ2v) is 26.3. The van der Waals surface area contributed by atoms with Crippen molar-refractivity contribution in [3.05, 3.63) is 136 Å². The number of rotatable bonds is 8. The summed E-state index contributed by atoms with van der Waals surface area (Å²) in [6, 6.07) is 36.4. The van der Waals surface area contributed by atoms with E-state index < -0.39 is 46.8 Å². The number of hydrogen-bond donors (Lipinski definition) is 2. The van der Waals surface area contributed by atoms with E-state index in [0.717, 1.165) is 22.4 Å². The van der Waals surface area contributed by atoms with Gasteiger partial charge in [-0.25, -0.2) is 43.6 Å². The molecule has 92 heavy (non-hydrogen) atoms. The van der Waals surface area contributed by atoms with Crippen LogP contribution in [-0.4, -0.2) is 183 Å². The Kier molecular flexibility index (Phi) is 37.1. The van der Waals surface area contributed by atoms with Gasteiger partial charge in [-0.1, -0.05) is 119 Å². The van der Waals surface area contributed by atoms with Gasteiger partial charge in [0.25, 0.3) is 0 Å². The standard InChI is InChI=1S/2C23H35N5O5.C8H10IO.C8H11N3.2C2H6.ClH/c2*1-22(2,3)32-19(29)24-18(27-15-25(7)20(30)26(8)16-27)28(21(31)33-23(4,5)6)14-17-12-10-9-11-13-17;1-9-7-3-5-8(10-2)6-4-7;9-8(10)11-6-7-4-2-1-3-5-7;2*1-2;/h2*9-13H,14-16H2,1-8H3;3-6H,1-2H3;1-5H,6H2,(H4,9,10,11);2*1-2H3;1H/q;;-1;;;;. The van der Waals surface area contributed by atoms with Crippen LogP contribution in [0.5, 0.6) is 5.75 Å². The molecule has 0 unspecified atom stereocenters. The molecule has 0 saturated carbocycles. The van der Waals surface area contributed by atoms with E-state index in [1.807, 2.05) is 131 Å². The summed E-state index contributed by atoms with van der Waals surface area (Å²) in [5.41, 5.74) is 10.00. The molecule has 8 amide bonds. The van der Waals surface area contributed by atoms with Crippen LogP contribution >= 0.6 is 12.4 Å². The first kappa shape index (κ1) is 83.9. The van der Waals surface area contributed by atoms with Crippen LogP contribution in [0, 0.1) is 3.57 Å². The van der Waals surface area contributed by atoms with Crippen molar-refractivity contribution in [3.8, 4) is 5.75 Å². The maximum Gasteiger partial charge on any atom is 0.186 e. The van der Waals surface area contributed by atoms with Gasteiger partial charge in [0.1, 0.15) is 22.4 Å². The van der Waals surface area contributed by atoms with E-state index in [2.05, 4.69) is 32.0 Å². The number of urea groups is 2. The Labute approximate surface area is 563 Å². The molecule has 0 bridgehead atoms. The first-order valence-electron chi connectivity index (χ1n) is 29.8. The number of hydrogen-bond acceptors (Lipinski definition) is 12. The number of ether oxygens (including phenoxy) is 5. The maximum absolute atomic E-state index is 13.3. The van der Waals surface area contributed by atoms with E-state index in [0.29, 0.717) is 6.54 Å². The molecule has 4 aromatic carbocycles. The normalized spacial score (nSPS) is 13.4. The van der Waals surface area contributed by atoms with Gasteiger partial charge in [-0.3, -0.25) is 0 Å². The Bertz CT molecular complexity index is 2750. The predicted octanol–water partition coefficient (Wildman–Crippen LogP) is 9.38. The second kappa shape index (κ2) is 40.7. The quantitative estimate of drug-likeness (QED) is 0.0547. The number of aliphatic imine (C=N–C) groups is 3. The molecule has 6 rings (SSSR count). The molecule has 0 aliphatic carbocycles. The van der Waals surface area contributed by atoms with E-state index in [-0.39, 0.29) is 103 Å². The number of amides is 8. The first-order valence-corrected chi connectivity index (χ1v) is 33.1. The summed E-state index contributed by atoms with van der Waals surface area (Å²) in [7, 11) is 8.21. The third-order valence-electron chi connectivity index (χ3n) is 11.2. The fourth-order valence-corrected chi connectivity index (χ4v) is 8.67. The molecular formula is C66H104ClIN13O11-. The number of halogens is 2. The van der Waals surface area contributed by atoms with Gasteiger partial charge < -0.3 is 59.8 Å². The van der Waals surface area contributed by atoms with E-state index in [4.69, 9.17) is 35.2 Å². The van der Waals surface area contributed by atoms with E-state index >= 15 is 0 Å². The Hall–Kier alpha value is -8.07. The van der Waals surface area contributed by atoms with E-state index in [9.17, 15) is 28.8 Å². The van der Waals surface area contributed by atoms with Crippen molar-refractivity contribution in [3.63, 3.8) is 0 Å². The third kappa shape index (κ3) is 33.3. The molecule has 514 valence electrons. The van der Waals surface area contributed by atoms with Crippen LogP contribution in [0.15, 0.2) is 130 Å². The van der Waals surface area contributed by atoms with Crippen molar-refractivity contribution in [1.29, 1.82) is 0 Å². The molecule has 0 spiro atoms. The first-order chi connectivity index (χ1) is 42.5. The molecule has 4 aromatic rings. The fraction of sp³-hybridized carbons (Fsp3) is 0.500. The van der Waals surface area contributed by atoms with Gasteiger partial charge in [-0.2, -0.15) is 0 Å². The van der Waals surface area contributed by atoms with Crippen molar-refractivity contribution >= 4 is 66.7 Å². The van der Waals surface area contributed by atoms with Gasteiger partial charge in [0.2, 0.25) is 11.9 Å². The fourth-order valence-electron chi connectivity index (χ4n) is 7.59. The summed E-state index contributed by atoms with van der Waals surface area (Å²) < 4.78 is 28.5. The second-order valence-electron chi connectivity index (χ2n) is 24.0. The molecule has 2 aliphatic rings. The molecule has 26 heteroatoms.